The molecule has 3 rings (SSSR count). The zero-order chi connectivity index (χ0) is 17.7. The summed E-state index contributed by atoms with van der Waals surface area (Å²) in [6.45, 7) is 15.2. The van der Waals surface area contributed by atoms with E-state index in [-0.39, 0.29) is 0 Å². The molecule has 0 bridgehead atoms. The molecular formula is C22H33N. The minimum absolute atomic E-state index is 1.01. The summed E-state index contributed by atoms with van der Waals surface area (Å²) in [7, 11) is 0. The van der Waals surface area contributed by atoms with Gasteiger partial charge in [0, 0.05) is 29.2 Å². The zero-order valence-corrected chi connectivity index (χ0v) is 15.9. The van der Waals surface area contributed by atoms with Gasteiger partial charge in [0.1, 0.15) is 0 Å². The van der Waals surface area contributed by atoms with Crippen LogP contribution in [0.1, 0.15) is 48.5 Å². The highest BCUT2D eigenvalue weighted by Gasteiger charge is 2.07. The molecule has 0 radical (unpaired) electrons. The van der Waals surface area contributed by atoms with E-state index < -0.39 is 0 Å². The second-order valence-electron chi connectivity index (χ2n) is 4.21. The first-order chi connectivity index (χ1) is 11.4. The average Bonchev–Trinajstić information content (AvgIpc) is 3.06. The van der Waals surface area contributed by atoms with Crippen molar-refractivity contribution in [3.63, 3.8) is 0 Å². The minimum atomic E-state index is 1.01. The number of aryl methyl sites for hydroxylation is 1. The van der Waals surface area contributed by atoms with Crippen molar-refractivity contribution in [2.75, 3.05) is 0 Å². The molecule has 0 N–H and O–H groups in total. The summed E-state index contributed by atoms with van der Waals surface area (Å²) in [5.74, 6) is 0. The van der Waals surface area contributed by atoms with Gasteiger partial charge in [0.25, 0.3) is 0 Å². The van der Waals surface area contributed by atoms with Gasteiger partial charge < -0.3 is 4.57 Å². The fourth-order valence-electron chi connectivity index (χ4n) is 2.36. The molecule has 0 aliphatic carbocycles. The fraction of sp³-hybridized carbons (Fsp3) is 0.364. The molecule has 0 aliphatic heterocycles. The number of hydrogen-bond donors (Lipinski definition) is 0. The second kappa shape index (κ2) is 12.5. The summed E-state index contributed by atoms with van der Waals surface area (Å²) < 4.78 is 2.30. The number of nitrogens with zero attached hydrogens (tertiary/aromatic N) is 1. The van der Waals surface area contributed by atoms with Gasteiger partial charge in [-0.25, -0.2) is 0 Å². The molecule has 0 atom stereocenters. The lowest BCUT2D eigenvalue weighted by Crippen LogP contribution is -1.89. The Labute approximate surface area is 143 Å². The number of fused-ring (bicyclic) bond motifs is 1. The van der Waals surface area contributed by atoms with Crippen LogP contribution < -0.4 is 0 Å². The molecule has 0 aliphatic rings. The summed E-state index contributed by atoms with van der Waals surface area (Å²) in [5.41, 5.74) is 3.92. The second-order valence-corrected chi connectivity index (χ2v) is 4.21. The van der Waals surface area contributed by atoms with Gasteiger partial charge in [-0.2, -0.15) is 0 Å². The van der Waals surface area contributed by atoms with Crippen LogP contribution in [0.3, 0.4) is 0 Å². The summed E-state index contributed by atoms with van der Waals surface area (Å²) in [5, 5.41) is 1.33. The van der Waals surface area contributed by atoms with Crippen molar-refractivity contribution in [2.45, 2.75) is 55.0 Å². The van der Waals surface area contributed by atoms with Crippen LogP contribution in [0.15, 0.2) is 60.8 Å². The van der Waals surface area contributed by atoms with E-state index in [2.05, 4.69) is 72.3 Å². The van der Waals surface area contributed by atoms with Gasteiger partial charge in [0.15, 0.2) is 0 Å². The summed E-state index contributed by atoms with van der Waals surface area (Å²) >= 11 is 0. The van der Waals surface area contributed by atoms with Crippen LogP contribution in [-0.2, 0) is 6.54 Å². The SMILES string of the molecule is CC.CC.CC.CCn1cc(-c2ccccc2)c2ccccc21. The highest BCUT2D eigenvalue weighted by molar-refractivity contribution is 5.96. The molecule has 0 saturated carbocycles. The minimum Gasteiger partial charge on any atom is -0.347 e. The Balaban J connectivity index is 0.000000728. The molecule has 23 heavy (non-hydrogen) atoms. The van der Waals surface area contributed by atoms with Gasteiger partial charge in [0.05, 0.1) is 0 Å². The van der Waals surface area contributed by atoms with Gasteiger partial charge >= 0.3 is 0 Å². The molecule has 126 valence electrons. The third-order valence-electron chi connectivity index (χ3n) is 3.21. The van der Waals surface area contributed by atoms with E-state index >= 15 is 0 Å². The maximum absolute atomic E-state index is 2.30. The molecule has 3 aromatic rings. The van der Waals surface area contributed by atoms with Crippen LogP contribution in [0.4, 0.5) is 0 Å². The number of hydrogen-bond acceptors (Lipinski definition) is 0. The van der Waals surface area contributed by atoms with Gasteiger partial charge in [-0.3, -0.25) is 0 Å². The lowest BCUT2D eigenvalue weighted by molar-refractivity contribution is 0.798. The van der Waals surface area contributed by atoms with Crippen LogP contribution in [0.5, 0.6) is 0 Å². The van der Waals surface area contributed by atoms with E-state index in [0.717, 1.165) is 6.54 Å². The largest absolute Gasteiger partial charge is 0.347 e. The van der Waals surface area contributed by atoms with E-state index in [1.165, 1.54) is 22.0 Å². The maximum atomic E-state index is 2.30. The van der Waals surface area contributed by atoms with E-state index in [1.807, 2.05) is 41.5 Å². The third-order valence-corrected chi connectivity index (χ3v) is 3.21. The Morgan fingerprint density at radius 1 is 0.696 bits per heavy atom. The molecule has 1 heterocycles. The van der Waals surface area contributed by atoms with Crippen molar-refractivity contribution in [3.8, 4) is 11.1 Å². The number of benzene rings is 2. The number of rotatable bonds is 2. The van der Waals surface area contributed by atoms with Gasteiger partial charge in [-0.15, -0.1) is 0 Å². The highest BCUT2D eigenvalue weighted by atomic mass is 14.9. The van der Waals surface area contributed by atoms with Crippen molar-refractivity contribution in [2.24, 2.45) is 0 Å². The van der Waals surface area contributed by atoms with Crippen molar-refractivity contribution >= 4 is 10.9 Å². The Morgan fingerprint density at radius 2 is 1.22 bits per heavy atom. The van der Waals surface area contributed by atoms with Crippen LogP contribution >= 0.6 is 0 Å². The van der Waals surface area contributed by atoms with Crippen molar-refractivity contribution in [1.82, 2.24) is 4.57 Å². The molecule has 0 saturated heterocycles. The molecule has 1 heteroatoms. The quantitative estimate of drug-likeness (QED) is 0.464. The molecule has 0 unspecified atom stereocenters. The van der Waals surface area contributed by atoms with Crippen molar-refractivity contribution in [3.05, 3.63) is 60.8 Å². The highest BCUT2D eigenvalue weighted by Crippen LogP contribution is 2.30. The predicted molar refractivity (Wildman–Crippen MR) is 107 cm³/mol. The van der Waals surface area contributed by atoms with E-state index in [0.29, 0.717) is 0 Å². The predicted octanol–water partition coefficient (Wildman–Crippen LogP) is 7.41. The maximum Gasteiger partial charge on any atom is 0.0486 e. The average molecular weight is 312 g/mol. The Morgan fingerprint density at radius 3 is 1.78 bits per heavy atom. The summed E-state index contributed by atoms with van der Waals surface area (Å²) in [6.07, 6.45) is 2.25. The lowest BCUT2D eigenvalue weighted by atomic mass is 10.1. The van der Waals surface area contributed by atoms with Gasteiger partial charge in [0.2, 0.25) is 0 Å². The topological polar surface area (TPSA) is 4.93 Å². The summed E-state index contributed by atoms with van der Waals surface area (Å²) in [6, 6.07) is 19.2. The van der Waals surface area contributed by atoms with Crippen LogP contribution in [0.2, 0.25) is 0 Å². The molecule has 1 nitrogen and oxygen atoms in total. The van der Waals surface area contributed by atoms with E-state index in [1.54, 1.807) is 0 Å². The summed E-state index contributed by atoms with van der Waals surface area (Å²) in [4.78, 5) is 0. The molecule has 0 fully saturated rings. The standard InChI is InChI=1S/C16H15N.3C2H6/c1-2-17-12-15(13-8-4-3-5-9-13)14-10-6-7-11-16(14)17;3*1-2/h3-12H,2H2,1H3;3*1-2H3. The molecular weight excluding hydrogens is 278 g/mol. The Hall–Kier alpha value is -2.02. The Bertz CT molecular complexity index is 635. The molecule has 0 spiro atoms. The van der Waals surface area contributed by atoms with Gasteiger partial charge in [-0.1, -0.05) is 90.1 Å². The molecule has 2 aromatic carbocycles. The van der Waals surface area contributed by atoms with E-state index in [9.17, 15) is 0 Å². The molecule has 0 amide bonds. The third kappa shape index (κ3) is 5.28. The number of para-hydroxylation sites is 1. The number of aromatic nitrogens is 1. The van der Waals surface area contributed by atoms with Crippen molar-refractivity contribution < 1.29 is 0 Å². The Kier molecular flexibility index (Phi) is 11.4. The normalized spacial score (nSPS) is 8.83. The van der Waals surface area contributed by atoms with Crippen molar-refractivity contribution in [1.29, 1.82) is 0 Å². The van der Waals surface area contributed by atoms with E-state index in [4.69, 9.17) is 0 Å². The molecule has 1 aromatic heterocycles. The van der Waals surface area contributed by atoms with Crippen LogP contribution in [0.25, 0.3) is 22.0 Å². The monoisotopic (exact) mass is 311 g/mol. The zero-order valence-electron chi connectivity index (χ0n) is 15.9. The smallest absolute Gasteiger partial charge is 0.0486 e. The first-order valence-corrected chi connectivity index (χ1v) is 9.03. The first kappa shape index (κ1) is 21.0. The van der Waals surface area contributed by atoms with Gasteiger partial charge in [-0.05, 0) is 18.6 Å². The van der Waals surface area contributed by atoms with Crippen LogP contribution in [0, 0.1) is 0 Å². The fourth-order valence-corrected chi connectivity index (χ4v) is 2.36. The first-order valence-electron chi connectivity index (χ1n) is 9.03. The van der Waals surface area contributed by atoms with Crippen LogP contribution in [-0.4, -0.2) is 4.57 Å². The lowest BCUT2D eigenvalue weighted by Gasteiger charge is -1.98.